The van der Waals surface area contributed by atoms with Crippen molar-refractivity contribution in [2.45, 2.75) is 19.6 Å². The van der Waals surface area contributed by atoms with Gasteiger partial charge in [0.25, 0.3) is 5.91 Å². The SMILES string of the molecule is COCCN1CCN(C(=O)c2cccc(F)c2)Cc2ccc(C)nc21.O=C(O)C(F)(F)F. The Hall–Kier alpha value is -3.21. The number of pyridine rings is 1. The maximum atomic E-state index is 13.5. The molecule has 0 spiro atoms. The second kappa shape index (κ2) is 10.9. The first kappa shape index (κ1) is 25.1. The summed E-state index contributed by atoms with van der Waals surface area (Å²) in [6.07, 6.45) is -5.08. The number of carboxylic acid groups (broad SMARTS) is 1. The number of nitrogens with zero attached hydrogens (tertiary/aromatic N) is 3. The van der Waals surface area contributed by atoms with E-state index in [1.165, 1.54) is 12.1 Å². The van der Waals surface area contributed by atoms with Crippen LogP contribution in [0.4, 0.5) is 23.4 Å². The van der Waals surface area contributed by atoms with Crippen molar-refractivity contribution >= 4 is 17.7 Å². The van der Waals surface area contributed by atoms with Gasteiger partial charge in [0.2, 0.25) is 0 Å². The fourth-order valence-corrected chi connectivity index (χ4v) is 3.00. The first-order chi connectivity index (χ1) is 15.0. The molecule has 1 N–H and O–H groups in total. The van der Waals surface area contributed by atoms with E-state index in [2.05, 4.69) is 9.88 Å². The molecule has 2 heterocycles. The zero-order chi connectivity index (χ0) is 23.9. The van der Waals surface area contributed by atoms with Crippen molar-refractivity contribution in [2.75, 3.05) is 38.3 Å². The van der Waals surface area contributed by atoms with E-state index < -0.39 is 18.0 Å². The zero-order valence-corrected chi connectivity index (χ0v) is 17.5. The van der Waals surface area contributed by atoms with Crippen LogP contribution in [0.5, 0.6) is 0 Å². The molecule has 1 aliphatic heterocycles. The van der Waals surface area contributed by atoms with Crippen molar-refractivity contribution in [3.63, 3.8) is 0 Å². The third kappa shape index (κ3) is 6.91. The first-order valence-electron chi connectivity index (χ1n) is 9.58. The summed E-state index contributed by atoms with van der Waals surface area (Å²) >= 11 is 0. The number of anilines is 1. The van der Waals surface area contributed by atoms with Crippen LogP contribution < -0.4 is 4.90 Å². The lowest BCUT2D eigenvalue weighted by Gasteiger charge is -2.23. The van der Waals surface area contributed by atoms with Crippen LogP contribution >= 0.6 is 0 Å². The maximum absolute atomic E-state index is 13.5. The number of aromatic nitrogens is 1. The highest BCUT2D eigenvalue weighted by atomic mass is 19.4. The Morgan fingerprint density at radius 1 is 1.19 bits per heavy atom. The summed E-state index contributed by atoms with van der Waals surface area (Å²) in [5, 5.41) is 7.12. The molecule has 0 saturated carbocycles. The van der Waals surface area contributed by atoms with Crippen molar-refractivity contribution in [2.24, 2.45) is 0 Å². The third-order valence-corrected chi connectivity index (χ3v) is 4.56. The van der Waals surface area contributed by atoms with Gasteiger partial charge in [-0.15, -0.1) is 0 Å². The number of carbonyl (C=O) groups excluding carboxylic acids is 1. The van der Waals surface area contributed by atoms with Crippen molar-refractivity contribution in [1.29, 1.82) is 0 Å². The number of hydrogen-bond acceptors (Lipinski definition) is 5. The van der Waals surface area contributed by atoms with E-state index in [9.17, 15) is 22.4 Å². The number of ether oxygens (including phenoxy) is 1. The highest BCUT2D eigenvalue weighted by Gasteiger charge is 2.38. The number of carbonyl (C=O) groups is 2. The summed E-state index contributed by atoms with van der Waals surface area (Å²) in [5.41, 5.74) is 2.29. The van der Waals surface area contributed by atoms with Crippen LogP contribution in [0, 0.1) is 12.7 Å². The van der Waals surface area contributed by atoms with E-state index in [0.717, 1.165) is 17.1 Å². The van der Waals surface area contributed by atoms with Gasteiger partial charge >= 0.3 is 12.1 Å². The second-order valence-corrected chi connectivity index (χ2v) is 6.96. The Labute approximate surface area is 182 Å². The minimum atomic E-state index is -5.08. The molecule has 0 bridgehead atoms. The molecule has 0 fully saturated rings. The largest absolute Gasteiger partial charge is 0.490 e. The molecule has 0 aliphatic carbocycles. The molecule has 0 atom stereocenters. The standard InChI is InChI=1S/C19H22FN3O2.C2HF3O2/c1-14-6-7-16-13-23(19(24)15-4-3-5-17(20)12-15)9-8-22(10-11-25-2)18(16)21-14;3-2(4,5)1(6)7/h3-7,12H,8-11,13H2,1-2H3;(H,6,7). The molecule has 1 amide bonds. The number of methoxy groups -OCH3 is 1. The van der Waals surface area contributed by atoms with Crippen LogP contribution in [-0.4, -0.2) is 66.4 Å². The number of aryl methyl sites for hydroxylation is 1. The number of aliphatic carboxylic acids is 1. The monoisotopic (exact) mass is 457 g/mol. The number of halogens is 4. The number of fused-ring (bicyclic) bond motifs is 1. The number of carboxylic acids is 1. The number of hydrogen-bond donors (Lipinski definition) is 1. The average molecular weight is 457 g/mol. The summed E-state index contributed by atoms with van der Waals surface area (Å²) in [4.78, 5) is 30.2. The van der Waals surface area contributed by atoms with E-state index in [-0.39, 0.29) is 5.91 Å². The predicted octanol–water partition coefficient (Wildman–Crippen LogP) is 3.27. The predicted molar refractivity (Wildman–Crippen MR) is 108 cm³/mol. The van der Waals surface area contributed by atoms with Gasteiger partial charge in [-0.05, 0) is 31.2 Å². The lowest BCUT2D eigenvalue weighted by Crippen LogP contribution is -2.36. The Morgan fingerprint density at radius 2 is 1.88 bits per heavy atom. The smallest absolute Gasteiger partial charge is 0.475 e. The van der Waals surface area contributed by atoms with Crippen LogP contribution in [-0.2, 0) is 16.1 Å². The molecule has 3 rings (SSSR count). The van der Waals surface area contributed by atoms with Gasteiger partial charge in [0, 0.05) is 50.1 Å². The summed E-state index contributed by atoms with van der Waals surface area (Å²) in [5.74, 6) is -2.43. The summed E-state index contributed by atoms with van der Waals surface area (Å²) < 4.78 is 50.4. The molecular weight excluding hydrogens is 434 g/mol. The molecule has 1 aliphatic rings. The summed E-state index contributed by atoms with van der Waals surface area (Å²) in [7, 11) is 1.67. The van der Waals surface area contributed by atoms with Crippen molar-refractivity contribution in [1.82, 2.24) is 9.88 Å². The maximum Gasteiger partial charge on any atom is 0.490 e. The first-order valence-corrected chi connectivity index (χ1v) is 9.58. The van der Waals surface area contributed by atoms with E-state index in [0.29, 0.717) is 38.3 Å². The number of rotatable bonds is 4. The Balaban J connectivity index is 0.000000451. The molecule has 7 nitrogen and oxygen atoms in total. The van der Waals surface area contributed by atoms with Crippen LogP contribution in [0.15, 0.2) is 36.4 Å². The van der Waals surface area contributed by atoms with E-state index in [4.69, 9.17) is 14.6 Å². The van der Waals surface area contributed by atoms with Crippen LogP contribution in [0.2, 0.25) is 0 Å². The van der Waals surface area contributed by atoms with E-state index >= 15 is 0 Å². The highest BCUT2D eigenvalue weighted by Crippen LogP contribution is 2.24. The number of benzene rings is 1. The van der Waals surface area contributed by atoms with Gasteiger partial charge in [0.1, 0.15) is 11.6 Å². The molecule has 32 heavy (non-hydrogen) atoms. The van der Waals surface area contributed by atoms with Gasteiger partial charge in [-0.25, -0.2) is 14.2 Å². The molecule has 11 heteroatoms. The van der Waals surface area contributed by atoms with Gasteiger partial charge < -0.3 is 19.6 Å². The number of amides is 1. The van der Waals surface area contributed by atoms with Gasteiger partial charge in [-0.3, -0.25) is 4.79 Å². The topological polar surface area (TPSA) is 83.0 Å². The van der Waals surface area contributed by atoms with Gasteiger partial charge in [0.15, 0.2) is 0 Å². The molecule has 0 unspecified atom stereocenters. The van der Waals surface area contributed by atoms with Gasteiger partial charge in [-0.1, -0.05) is 12.1 Å². The lowest BCUT2D eigenvalue weighted by molar-refractivity contribution is -0.192. The van der Waals surface area contributed by atoms with Crippen molar-refractivity contribution in [3.8, 4) is 0 Å². The lowest BCUT2D eigenvalue weighted by atomic mass is 10.1. The molecule has 2 aromatic rings. The fourth-order valence-electron chi connectivity index (χ4n) is 3.00. The third-order valence-electron chi connectivity index (χ3n) is 4.56. The summed E-state index contributed by atoms with van der Waals surface area (Å²) in [6, 6.07) is 9.79. The van der Waals surface area contributed by atoms with Crippen molar-refractivity contribution in [3.05, 3.63) is 59.0 Å². The normalized spacial score (nSPS) is 13.6. The van der Waals surface area contributed by atoms with Crippen molar-refractivity contribution < 1.29 is 37.0 Å². The Bertz CT molecular complexity index is 953. The minimum Gasteiger partial charge on any atom is -0.475 e. The van der Waals surface area contributed by atoms with Crippen LogP contribution in [0.3, 0.4) is 0 Å². The highest BCUT2D eigenvalue weighted by molar-refractivity contribution is 5.94. The fraction of sp³-hybridized carbons (Fsp3) is 0.381. The second-order valence-electron chi connectivity index (χ2n) is 6.96. The average Bonchev–Trinajstić information content (AvgIpc) is 2.90. The molecule has 174 valence electrons. The Kier molecular flexibility index (Phi) is 8.53. The Morgan fingerprint density at radius 3 is 2.47 bits per heavy atom. The molecular formula is C21H23F4N3O4. The quantitative estimate of drug-likeness (QED) is 0.710. The van der Waals surface area contributed by atoms with E-state index in [1.807, 2.05) is 19.1 Å². The van der Waals surface area contributed by atoms with E-state index in [1.54, 1.807) is 24.1 Å². The zero-order valence-electron chi connectivity index (χ0n) is 17.5. The summed E-state index contributed by atoms with van der Waals surface area (Å²) in [6.45, 7) is 4.92. The molecule has 1 aromatic carbocycles. The number of alkyl halides is 3. The minimum absolute atomic E-state index is 0.167. The van der Waals surface area contributed by atoms with Crippen LogP contribution in [0.1, 0.15) is 21.6 Å². The van der Waals surface area contributed by atoms with Gasteiger partial charge in [0.05, 0.1) is 6.61 Å². The molecule has 0 radical (unpaired) electrons. The molecule has 0 saturated heterocycles. The van der Waals surface area contributed by atoms with Crippen LogP contribution in [0.25, 0.3) is 0 Å². The van der Waals surface area contributed by atoms with Gasteiger partial charge in [-0.2, -0.15) is 13.2 Å². The molecule has 1 aromatic heterocycles.